The summed E-state index contributed by atoms with van der Waals surface area (Å²) < 4.78 is 1.88. The molecule has 1 fully saturated rings. The van der Waals surface area contributed by atoms with Crippen molar-refractivity contribution in [2.75, 3.05) is 12.3 Å². The lowest BCUT2D eigenvalue weighted by molar-refractivity contribution is 0.269. The van der Waals surface area contributed by atoms with Crippen LogP contribution in [0.15, 0.2) is 18.5 Å². The maximum absolute atomic E-state index is 9.13. The standard InChI is InChI=1S/C11H12ClN5O/c1-5-6(7(5)3-18)2-17-4-14-10-8(17)9(12)15-11(13)16-10/h4,6-7,18H,1-3H2,(H2,13,15,16). The van der Waals surface area contributed by atoms with Crippen LogP contribution >= 0.6 is 11.6 Å². The zero-order valence-electron chi connectivity index (χ0n) is 9.54. The van der Waals surface area contributed by atoms with Gasteiger partial charge in [0.1, 0.15) is 5.52 Å². The Kier molecular flexibility index (Phi) is 2.49. The topological polar surface area (TPSA) is 89.8 Å². The smallest absolute Gasteiger partial charge is 0.223 e. The Balaban J connectivity index is 1.96. The van der Waals surface area contributed by atoms with Gasteiger partial charge in [0.15, 0.2) is 10.8 Å². The van der Waals surface area contributed by atoms with Crippen molar-refractivity contribution in [3.63, 3.8) is 0 Å². The maximum Gasteiger partial charge on any atom is 0.223 e. The molecule has 7 heteroatoms. The normalized spacial score (nSPS) is 22.7. The van der Waals surface area contributed by atoms with Crippen LogP contribution in [0.4, 0.5) is 5.95 Å². The summed E-state index contributed by atoms with van der Waals surface area (Å²) in [7, 11) is 0. The van der Waals surface area contributed by atoms with Gasteiger partial charge in [-0.1, -0.05) is 23.8 Å². The predicted octanol–water partition coefficient (Wildman–Crippen LogP) is 0.856. The summed E-state index contributed by atoms with van der Waals surface area (Å²) in [5, 5.41) is 9.42. The molecule has 2 aromatic heterocycles. The molecule has 3 N–H and O–H groups in total. The number of nitrogens with zero attached hydrogens (tertiary/aromatic N) is 4. The number of fused-ring (bicyclic) bond motifs is 1. The number of aliphatic hydroxyl groups excluding tert-OH is 1. The number of hydrogen-bond acceptors (Lipinski definition) is 5. The van der Waals surface area contributed by atoms with E-state index in [-0.39, 0.29) is 24.4 Å². The number of hydrogen-bond donors (Lipinski definition) is 2. The zero-order valence-corrected chi connectivity index (χ0v) is 10.3. The molecule has 2 heterocycles. The van der Waals surface area contributed by atoms with Crippen LogP contribution in [-0.4, -0.2) is 31.2 Å². The van der Waals surface area contributed by atoms with E-state index in [2.05, 4.69) is 21.5 Å². The van der Waals surface area contributed by atoms with Gasteiger partial charge >= 0.3 is 0 Å². The van der Waals surface area contributed by atoms with Crippen LogP contribution < -0.4 is 5.73 Å². The van der Waals surface area contributed by atoms with Crippen LogP contribution in [0.25, 0.3) is 11.2 Å². The fraction of sp³-hybridized carbons (Fsp3) is 0.364. The highest BCUT2D eigenvalue weighted by atomic mass is 35.5. The van der Waals surface area contributed by atoms with Crippen molar-refractivity contribution in [1.82, 2.24) is 19.5 Å². The second-order valence-electron chi connectivity index (χ2n) is 4.41. The number of aromatic nitrogens is 4. The van der Waals surface area contributed by atoms with Gasteiger partial charge in [-0.3, -0.25) is 0 Å². The summed E-state index contributed by atoms with van der Waals surface area (Å²) in [5.74, 6) is 0.554. The Morgan fingerprint density at radius 2 is 2.22 bits per heavy atom. The van der Waals surface area contributed by atoms with Crippen molar-refractivity contribution < 1.29 is 5.11 Å². The Labute approximate surface area is 108 Å². The summed E-state index contributed by atoms with van der Waals surface area (Å²) >= 11 is 6.06. The van der Waals surface area contributed by atoms with Gasteiger partial charge in [0.05, 0.1) is 12.9 Å². The lowest BCUT2D eigenvalue weighted by Gasteiger charge is -2.03. The Morgan fingerprint density at radius 1 is 1.44 bits per heavy atom. The molecule has 2 atom stereocenters. The molecule has 0 aromatic carbocycles. The molecule has 2 aromatic rings. The van der Waals surface area contributed by atoms with Gasteiger partial charge in [-0.25, -0.2) is 4.98 Å². The maximum atomic E-state index is 9.13. The van der Waals surface area contributed by atoms with Crippen molar-refractivity contribution >= 4 is 28.7 Å². The zero-order chi connectivity index (χ0) is 12.9. The minimum atomic E-state index is 0.113. The van der Waals surface area contributed by atoms with Crippen LogP contribution in [0, 0.1) is 11.8 Å². The van der Waals surface area contributed by atoms with Crippen LogP contribution in [0.3, 0.4) is 0 Å². The summed E-state index contributed by atoms with van der Waals surface area (Å²) in [5.41, 5.74) is 7.73. The van der Waals surface area contributed by atoms with Gasteiger partial charge in [-0.2, -0.15) is 9.97 Å². The highest BCUT2D eigenvalue weighted by Gasteiger charge is 2.41. The third kappa shape index (κ3) is 1.65. The highest BCUT2D eigenvalue weighted by molar-refractivity contribution is 6.33. The van der Waals surface area contributed by atoms with Crippen LogP contribution in [-0.2, 0) is 6.54 Å². The molecule has 0 amide bonds. The van der Waals surface area contributed by atoms with Gasteiger partial charge in [0.2, 0.25) is 5.95 Å². The van der Waals surface area contributed by atoms with Crippen LogP contribution in [0.5, 0.6) is 0 Å². The van der Waals surface area contributed by atoms with E-state index in [1.165, 1.54) is 0 Å². The summed E-state index contributed by atoms with van der Waals surface area (Å²) in [6.07, 6.45) is 1.66. The van der Waals surface area contributed by atoms with Crippen molar-refractivity contribution in [3.8, 4) is 0 Å². The predicted molar refractivity (Wildman–Crippen MR) is 68.0 cm³/mol. The van der Waals surface area contributed by atoms with Crippen molar-refractivity contribution in [2.24, 2.45) is 11.8 Å². The third-order valence-corrected chi connectivity index (χ3v) is 3.63. The van der Waals surface area contributed by atoms with E-state index in [1.54, 1.807) is 6.33 Å². The number of halogens is 1. The fourth-order valence-corrected chi connectivity index (χ4v) is 2.52. The molecule has 2 unspecified atom stereocenters. The largest absolute Gasteiger partial charge is 0.396 e. The molecule has 0 radical (unpaired) electrons. The van der Waals surface area contributed by atoms with Gasteiger partial charge in [0.25, 0.3) is 0 Å². The SMILES string of the molecule is C=C1C(CO)C1Cn1cnc2nc(N)nc(Cl)c21. The van der Waals surface area contributed by atoms with E-state index in [9.17, 15) is 0 Å². The molecule has 1 aliphatic carbocycles. The van der Waals surface area contributed by atoms with Gasteiger partial charge < -0.3 is 15.4 Å². The Hall–Kier alpha value is -1.66. The van der Waals surface area contributed by atoms with E-state index < -0.39 is 0 Å². The van der Waals surface area contributed by atoms with Crippen LogP contribution in [0.1, 0.15) is 0 Å². The lowest BCUT2D eigenvalue weighted by atomic mass is 10.3. The molecule has 6 nitrogen and oxygen atoms in total. The fourth-order valence-electron chi connectivity index (χ4n) is 2.24. The molecule has 0 spiro atoms. The first-order valence-electron chi connectivity index (χ1n) is 5.55. The molecular formula is C11H12ClN5O. The quantitative estimate of drug-likeness (QED) is 0.634. The number of aliphatic hydroxyl groups is 1. The molecule has 1 saturated carbocycles. The van der Waals surface area contributed by atoms with Crippen molar-refractivity contribution in [2.45, 2.75) is 6.54 Å². The summed E-state index contributed by atoms with van der Waals surface area (Å²) in [6, 6.07) is 0. The Morgan fingerprint density at radius 3 is 2.89 bits per heavy atom. The molecule has 3 rings (SSSR count). The first-order valence-corrected chi connectivity index (χ1v) is 5.93. The van der Waals surface area contributed by atoms with E-state index >= 15 is 0 Å². The first kappa shape index (κ1) is 11.4. The van der Waals surface area contributed by atoms with E-state index in [0.29, 0.717) is 22.9 Å². The average molecular weight is 266 g/mol. The molecular weight excluding hydrogens is 254 g/mol. The van der Waals surface area contributed by atoms with Crippen molar-refractivity contribution in [3.05, 3.63) is 23.6 Å². The number of nitrogen functional groups attached to an aromatic ring is 1. The van der Waals surface area contributed by atoms with Gasteiger partial charge in [-0.15, -0.1) is 0 Å². The minimum absolute atomic E-state index is 0.113. The van der Waals surface area contributed by atoms with Crippen LogP contribution in [0.2, 0.25) is 5.15 Å². The molecule has 0 saturated heterocycles. The summed E-state index contributed by atoms with van der Waals surface area (Å²) in [4.78, 5) is 12.1. The molecule has 0 bridgehead atoms. The lowest BCUT2D eigenvalue weighted by Crippen LogP contribution is -2.03. The average Bonchev–Trinajstić information content (AvgIpc) is 2.74. The molecule has 1 aliphatic rings. The van der Waals surface area contributed by atoms with Gasteiger partial charge in [-0.05, 0) is 0 Å². The molecule has 94 valence electrons. The van der Waals surface area contributed by atoms with E-state index in [0.717, 1.165) is 5.57 Å². The van der Waals surface area contributed by atoms with E-state index in [1.807, 2.05) is 4.57 Å². The third-order valence-electron chi connectivity index (χ3n) is 3.37. The Bertz CT molecular complexity index is 638. The van der Waals surface area contributed by atoms with Gasteiger partial charge in [0, 0.05) is 18.4 Å². The molecule has 0 aliphatic heterocycles. The minimum Gasteiger partial charge on any atom is -0.396 e. The van der Waals surface area contributed by atoms with E-state index in [4.69, 9.17) is 22.4 Å². The number of imidazole rings is 1. The number of nitrogens with two attached hydrogens (primary N) is 1. The monoisotopic (exact) mass is 265 g/mol. The second-order valence-corrected chi connectivity index (χ2v) is 4.77. The summed E-state index contributed by atoms with van der Waals surface area (Å²) in [6.45, 7) is 4.73. The highest BCUT2D eigenvalue weighted by Crippen LogP contribution is 2.45. The number of rotatable bonds is 3. The number of anilines is 1. The second kappa shape index (κ2) is 3.93. The van der Waals surface area contributed by atoms with Crippen molar-refractivity contribution in [1.29, 1.82) is 0 Å². The first-order chi connectivity index (χ1) is 8.61. The molecule has 18 heavy (non-hydrogen) atoms.